The zero-order valence-electron chi connectivity index (χ0n) is 5.66. The van der Waals surface area contributed by atoms with Gasteiger partial charge in [0.05, 0.1) is 19.0 Å². The van der Waals surface area contributed by atoms with Crippen LogP contribution in [0.5, 0.6) is 5.75 Å². The smallest absolute Gasteiger partial charge is 0.147 e. The van der Waals surface area contributed by atoms with Gasteiger partial charge in [-0.05, 0) is 0 Å². The van der Waals surface area contributed by atoms with Crippen molar-refractivity contribution in [2.75, 3.05) is 18.6 Å². The zero-order valence-corrected chi connectivity index (χ0v) is 5.66. The molecule has 0 fully saturated rings. The third-order valence-corrected chi connectivity index (χ3v) is 1.14. The van der Waals surface area contributed by atoms with Crippen LogP contribution < -0.4 is 16.2 Å². The van der Waals surface area contributed by atoms with Crippen molar-refractivity contribution in [3.8, 4) is 5.75 Å². The molecule has 4 nitrogen and oxygen atoms in total. The first kappa shape index (κ1) is 6.67. The van der Waals surface area contributed by atoms with Crippen LogP contribution in [0.1, 0.15) is 0 Å². The minimum absolute atomic E-state index is 0.408. The number of nitrogens with zero attached hydrogens (tertiary/aromatic N) is 1. The van der Waals surface area contributed by atoms with Crippen LogP contribution in [0.2, 0.25) is 0 Å². The Bertz CT molecular complexity index is 236. The lowest BCUT2D eigenvalue weighted by Crippen LogP contribution is -1.96. The van der Waals surface area contributed by atoms with Crippen LogP contribution in [0.25, 0.3) is 0 Å². The number of aromatic nitrogens is 1. The molecule has 1 heterocycles. The van der Waals surface area contributed by atoms with Gasteiger partial charge in [-0.25, -0.2) is 4.98 Å². The normalized spacial score (nSPS) is 9.30. The topological polar surface area (TPSA) is 74.2 Å². The Morgan fingerprint density at radius 1 is 1.50 bits per heavy atom. The molecule has 0 bridgehead atoms. The molecule has 1 rings (SSSR count). The summed E-state index contributed by atoms with van der Waals surface area (Å²) >= 11 is 0. The van der Waals surface area contributed by atoms with Gasteiger partial charge in [0.15, 0.2) is 0 Å². The number of nitrogens with two attached hydrogens (primary N) is 2. The van der Waals surface area contributed by atoms with Gasteiger partial charge in [-0.3, -0.25) is 0 Å². The van der Waals surface area contributed by atoms with Crippen molar-refractivity contribution in [1.82, 2.24) is 4.98 Å². The van der Waals surface area contributed by atoms with Crippen molar-refractivity contribution in [3.05, 3.63) is 12.3 Å². The highest BCUT2D eigenvalue weighted by Crippen LogP contribution is 2.20. The average Bonchev–Trinajstić information content (AvgIpc) is 1.94. The van der Waals surface area contributed by atoms with Crippen molar-refractivity contribution in [1.29, 1.82) is 0 Å². The molecule has 0 saturated carbocycles. The second-order valence-corrected chi connectivity index (χ2v) is 1.85. The zero-order chi connectivity index (χ0) is 7.56. The SMILES string of the molecule is COc1cc(N)ncc1N. The van der Waals surface area contributed by atoms with Crippen molar-refractivity contribution < 1.29 is 4.74 Å². The molecular formula is C6H9N3O. The molecule has 54 valence electrons. The maximum Gasteiger partial charge on any atom is 0.147 e. The van der Waals surface area contributed by atoms with Gasteiger partial charge in [-0.2, -0.15) is 0 Å². The molecule has 0 amide bonds. The van der Waals surface area contributed by atoms with Crippen molar-refractivity contribution in [2.24, 2.45) is 0 Å². The number of methoxy groups -OCH3 is 1. The van der Waals surface area contributed by atoms with Crippen LogP contribution in [0.3, 0.4) is 0 Å². The van der Waals surface area contributed by atoms with Gasteiger partial charge in [0, 0.05) is 6.07 Å². The van der Waals surface area contributed by atoms with E-state index < -0.39 is 0 Å². The molecule has 0 saturated heterocycles. The van der Waals surface area contributed by atoms with E-state index in [-0.39, 0.29) is 0 Å². The first-order valence-corrected chi connectivity index (χ1v) is 2.79. The first-order valence-electron chi connectivity index (χ1n) is 2.79. The van der Waals surface area contributed by atoms with Gasteiger partial charge in [0.25, 0.3) is 0 Å². The number of ether oxygens (including phenoxy) is 1. The van der Waals surface area contributed by atoms with Gasteiger partial charge in [0.2, 0.25) is 0 Å². The Balaban J connectivity index is 3.09. The molecule has 1 aromatic heterocycles. The van der Waals surface area contributed by atoms with E-state index in [0.717, 1.165) is 0 Å². The number of rotatable bonds is 1. The molecule has 0 unspecified atom stereocenters. The van der Waals surface area contributed by atoms with E-state index in [1.54, 1.807) is 6.07 Å². The van der Waals surface area contributed by atoms with Crippen LogP contribution in [-0.4, -0.2) is 12.1 Å². The van der Waals surface area contributed by atoms with Crippen molar-refractivity contribution >= 4 is 11.5 Å². The fourth-order valence-corrected chi connectivity index (χ4v) is 0.639. The molecule has 0 radical (unpaired) electrons. The molecule has 0 aromatic carbocycles. The third kappa shape index (κ3) is 1.10. The largest absolute Gasteiger partial charge is 0.494 e. The third-order valence-electron chi connectivity index (χ3n) is 1.14. The lowest BCUT2D eigenvalue weighted by Gasteiger charge is -2.02. The summed E-state index contributed by atoms with van der Waals surface area (Å²) in [5.74, 6) is 0.971. The molecule has 0 aliphatic rings. The van der Waals surface area contributed by atoms with Crippen molar-refractivity contribution in [2.45, 2.75) is 0 Å². The lowest BCUT2D eigenvalue weighted by atomic mass is 10.4. The predicted octanol–water partition coefficient (Wildman–Crippen LogP) is 0.255. The second-order valence-electron chi connectivity index (χ2n) is 1.85. The standard InChI is InChI=1S/C6H9N3O/c1-10-5-2-6(8)9-3-4(5)7/h2-3H,7H2,1H3,(H2,8,9). The van der Waals surface area contributed by atoms with Crippen LogP contribution in [-0.2, 0) is 0 Å². The lowest BCUT2D eigenvalue weighted by molar-refractivity contribution is 0.417. The molecule has 4 heteroatoms. The Kier molecular flexibility index (Phi) is 1.62. The number of hydrogen-bond donors (Lipinski definition) is 2. The molecule has 4 N–H and O–H groups in total. The molecule has 0 spiro atoms. The second kappa shape index (κ2) is 2.43. The quantitative estimate of drug-likeness (QED) is 0.585. The summed E-state index contributed by atoms with van der Waals surface area (Å²) < 4.78 is 4.88. The summed E-state index contributed by atoms with van der Waals surface area (Å²) in [6.45, 7) is 0. The molecule has 0 aliphatic heterocycles. The van der Waals surface area contributed by atoms with E-state index in [9.17, 15) is 0 Å². The number of anilines is 2. The van der Waals surface area contributed by atoms with Crippen molar-refractivity contribution in [3.63, 3.8) is 0 Å². The Labute approximate surface area is 58.8 Å². The first-order chi connectivity index (χ1) is 4.74. The van der Waals surface area contributed by atoms with Crippen LogP contribution in [0, 0.1) is 0 Å². The predicted molar refractivity (Wildman–Crippen MR) is 39.6 cm³/mol. The fourth-order valence-electron chi connectivity index (χ4n) is 0.639. The molecule has 0 aliphatic carbocycles. The average molecular weight is 139 g/mol. The van der Waals surface area contributed by atoms with Crippen LogP contribution in [0.15, 0.2) is 12.3 Å². The molecule has 10 heavy (non-hydrogen) atoms. The summed E-state index contributed by atoms with van der Waals surface area (Å²) in [6, 6.07) is 1.58. The van der Waals surface area contributed by atoms with E-state index in [4.69, 9.17) is 16.2 Å². The highest BCUT2D eigenvalue weighted by atomic mass is 16.5. The number of nitrogen functional groups attached to an aromatic ring is 2. The maximum absolute atomic E-state index is 5.46. The summed E-state index contributed by atoms with van der Waals surface area (Å²) in [7, 11) is 1.53. The van der Waals surface area contributed by atoms with E-state index in [0.29, 0.717) is 17.3 Å². The van der Waals surface area contributed by atoms with Crippen LogP contribution >= 0.6 is 0 Å². The van der Waals surface area contributed by atoms with Crippen LogP contribution in [0.4, 0.5) is 11.5 Å². The Hall–Kier alpha value is -1.45. The molecule has 0 atom stereocenters. The monoisotopic (exact) mass is 139 g/mol. The highest BCUT2D eigenvalue weighted by Gasteiger charge is 1.97. The van der Waals surface area contributed by atoms with E-state index in [2.05, 4.69) is 4.98 Å². The van der Waals surface area contributed by atoms with E-state index in [1.165, 1.54) is 13.3 Å². The summed E-state index contributed by atoms with van der Waals surface area (Å²) in [5.41, 5.74) is 11.3. The van der Waals surface area contributed by atoms with Gasteiger partial charge in [0.1, 0.15) is 11.6 Å². The van der Waals surface area contributed by atoms with Gasteiger partial charge in [-0.15, -0.1) is 0 Å². The highest BCUT2D eigenvalue weighted by molar-refractivity contribution is 5.54. The maximum atomic E-state index is 5.46. The molecular weight excluding hydrogens is 130 g/mol. The van der Waals surface area contributed by atoms with Gasteiger partial charge in [-0.1, -0.05) is 0 Å². The summed E-state index contributed by atoms with van der Waals surface area (Å²) in [4.78, 5) is 3.76. The van der Waals surface area contributed by atoms with E-state index in [1.807, 2.05) is 0 Å². The fraction of sp³-hybridized carbons (Fsp3) is 0.167. The number of pyridine rings is 1. The number of hydrogen-bond acceptors (Lipinski definition) is 4. The summed E-state index contributed by atoms with van der Waals surface area (Å²) in [6.07, 6.45) is 1.47. The van der Waals surface area contributed by atoms with Gasteiger partial charge < -0.3 is 16.2 Å². The Morgan fingerprint density at radius 3 is 2.70 bits per heavy atom. The molecule has 1 aromatic rings. The van der Waals surface area contributed by atoms with E-state index >= 15 is 0 Å². The Morgan fingerprint density at radius 2 is 2.20 bits per heavy atom. The minimum atomic E-state index is 0.408. The minimum Gasteiger partial charge on any atom is -0.494 e. The van der Waals surface area contributed by atoms with Gasteiger partial charge >= 0.3 is 0 Å². The summed E-state index contributed by atoms with van der Waals surface area (Å²) in [5, 5.41) is 0.